The molecule has 0 fully saturated rings. The molecule has 2 aromatic carbocycles. The fraction of sp³-hybridized carbons (Fsp3) is 0.200. The summed E-state index contributed by atoms with van der Waals surface area (Å²) in [5.41, 5.74) is 1.84. The first-order chi connectivity index (χ1) is 12.2. The average Bonchev–Trinajstić information content (AvgIpc) is 2.64. The number of anilines is 1. The molecule has 0 aromatic heterocycles. The molecule has 0 aliphatic rings. The molecule has 0 heterocycles. The van der Waals surface area contributed by atoms with Crippen molar-refractivity contribution in [2.75, 3.05) is 25.1 Å². The van der Waals surface area contributed by atoms with Crippen molar-refractivity contribution in [1.29, 1.82) is 0 Å². The molecule has 0 unspecified atom stereocenters. The number of ether oxygens (including phenoxy) is 2. The number of rotatable bonds is 8. The Morgan fingerprint density at radius 2 is 1.84 bits per heavy atom. The molecule has 2 aromatic rings. The van der Waals surface area contributed by atoms with E-state index in [1.54, 1.807) is 30.3 Å². The highest BCUT2D eigenvalue weighted by Crippen LogP contribution is 2.12. The average molecular weight is 339 g/mol. The maximum atomic E-state index is 12.0. The SMILES string of the molecule is CCOCCOC(=O)c1cccc(NC(=O)C=Cc2ccccc2)c1. The van der Waals surface area contributed by atoms with E-state index in [1.807, 2.05) is 37.3 Å². The van der Waals surface area contributed by atoms with Crippen LogP contribution in [0, 0.1) is 0 Å². The summed E-state index contributed by atoms with van der Waals surface area (Å²) in [6.45, 7) is 3.02. The fourth-order valence-corrected chi connectivity index (χ4v) is 2.06. The van der Waals surface area contributed by atoms with Crippen LogP contribution in [0.3, 0.4) is 0 Å². The Labute approximate surface area is 147 Å². The summed E-state index contributed by atoms with van der Waals surface area (Å²) in [6, 6.07) is 16.1. The molecule has 0 bridgehead atoms. The zero-order chi connectivity index (χ0) is 17.9. The van der Waals surface area contributed by atoms with Gasteiger partial charge in [-0.3, -0.25) is 4.79 Å². The Balaban J connectivity index is 1.91. The van der Waals surface area contributed by atoms with Crippen LogP contribution in [0.5, 0.6) is 0 Å². The number of hydrogen-bond donors (Lipinski definition) is 1. The summed E-state index contributed by atoms with van der Waals surface area (Å²) < 4.78 is 10.2. The van der Waals surface area contributed by atoms with Crippen molar-refractivity contribution in [2.24, 2.45) is 0 Å². The lowest BCUT2D eigenvalue weighted by Crippen LogP contribution is -2.12. The Kier molecular flexibility index (Phi) is 7.41. The minimum atomic E-state index is -0.448. The van der Waals surface area contributed by atoms with Crippen LogP contribution in [0.2, 0.25) is 0 Å². The molecule has 5 heteroatoms. The van der Waals surface area contributed by atoms with Crippen LogP contribution in [0.15, 0.2) is 60.7 Å². The largest absolute Gasteiger partial charge is 0.460 e. The van der Waals surface area contributed by atoms with Crippen molar-refractivity contribution >= 4 is 23.6 Å². The van der Waals surface area contributed by atoms with Crippen LogP contribution >= 0.6 is 0 Å². The van der Waals surface area contributed by atoms with Crippen molar-refractivity contribution in [2.45, 2.75) is 6.92 Å². The Hall–Kier alpha value is -2.92. The van der Waals surface area contributed by atoms with Gasteiger partial charge in [-0.15, -0.1) is 0 Å². The first kappa shape index (κ1) is 18.4. The lowest BCUT2D eigenvalue weighted by molar-refractivity contribution is -0.111. The van der Waals surface area contributed by atoms with Gasteiger partial charge in [0.1, 0.15) is 6.61 Å². The maximum absolute atomic E-state index is 12.0. The molecule has 1 N–H and O–H groups in total. The molecule has 0 radical (unpaired) electrons. The second kappa shape index (κ2) is 10.1. The zero-order valence-electron chi connectivity index (χ0n) is 14.1. The van der Waals surface area contributed by atoms with Gasteiger partial charge in [0, 0.05) is 18.4 Å². The second-order valence-corrected chi connectivity index (χ2v) is 5.15. The normalized spacial score (nSPS) is 10.6. The fourth-order valence-electron chi connectivity index (χ4n) is 2.06. The number of hydrogen-bond acceptors (Lipinski definition) is 4. The molecule has 0 aliphatic heterocycles. The molecule has 5 nitrogen and oxygen atoms in total. The maximum Gasteiger partial charge on any atom is 0.338 e. The highest BCUT2D eigenvalue weighted by atomic mass is 16.6. The molecule has 0 saturated carbocycles. The summed E-state index contributed by atoms with van der Waals surface area (Å²) in [5.74, 6) is -0.721. The summed E-state index contributed by atoms with van der Waals surface area (Å²) in [7, 11) is 0. The zero-order valence-corrected chi connectivity index (χ0v) is 14.1. The Morgan fingerprint density at radius 1 is 1.04 bits per heavy atom. The molecule has 0 atom stereocenters. The van der Waals surface area contributed by atoms with E-state index in [2.05, 4.69) is 5.32 Å². The molecule has 2 rings (SSSR count). The van der Waals surface area contributed by atoms with Gasteiger partial charge in [0.25, 0.3) is 0 Å². The summed E-state index contributed by atoms with van der Waals surface area (Å²) in [5, 5.41) is 2.73. The molecule has 0 saturated heterocycles. The number of esters is 1. The van der Waals surface area contributed by atoms with Crippen LogP contribution in [-0.4, -0.2) is 31.7 Å². The lowest BCUT2D eigenvalue weighted by atomic mass is 10.2. The van der Waals surface area contributed by atoms with E-state index in [4.69, 9.17) is 9.47 Å². The van der Waals surface area contributed by atoms with E-state index in [0.29, 0.717) is 24.5 Å². The van der Waals surface area contributed by atoms with E-state index >= 15 is 0 Å². The molecular weight excluding hydrogens is 318 g/mol. The molecule has 0 spiro atoms. The van der Waals surface area contributed by atoms with Gasteiger partial charge >= 0.3 is 5.97 Å². The molecule has 1 amide bonds. The monoisotopic (exact) mass is 339 g/mol. The van der Waals surface area contributed by atoms with Crippen molar-refractivity contribution in [1.82, 2.24) is 0 Å². The van der Waals surface area contributed by atoms with E-state index in [-0.39, 0.29) is 12.5 Å². The van der Waals surface area contributed by atoms with Gasteiger partial charge in [0.15, 0.2) is 0 Å². The number of nitrogens with one attached hydrogen (secondary N) is 1. The van der Waals surface area contributed by atoms with Crippen molar-refractivity contribution < 1.29 is 19.1 Å². The first-order valence-corrected chi connectivity index (χ1v) is 8.08. The van der Waals surface area contributed by atoms with E-state index in [9.17, 15) is 9.59 Å². The third-order valence-electron chi connectivity index (χ3n) is 3.26. The van der Waals surface area contributed by atoms with E-state index < -0.39 is 5.97 Å². The molecular formula is C20H21NO4. The standard InChI is InChI=1S/C20H21NO4/c1-2-24-13-14-25-20(23)17-9-6-10-18(15-17)21-19(22)12-11-16-7-4-3-5-8-16/h3-12,15H,2,13-14H2,1H3,(H,21,22). The number of carbonyl (C=O) groups excluding carboxylic acids is 2. The van der Waals surface area contributed by atoms with Gasteiger partial charge in [-0.25, -0.2) is 4.79 Å². The Morgan fingerprint density at radius 3 is 2.60 bits per heavy atom. The number of benzene rings is 2. The third kappa shape index (κ3) is 6.61. The molecule has 130 valence electrons. The van der Waals surface area contributed by atoms with Crippen LogP contribution in [0.4, 0.5) is 5.69 Å². The van der Waals surface area contributed by atoms with Gasteiger partial charge in [0.2, 0.25) is 5.91 Å². The third-order valence-corrected chi connectivity index (χ3v) is 3.26. The highest BCUT2D eigenvalue weighted by Gasteiger charge is 2.08. The van der Waals surface area contributed by atoms with Gasteiger partial charge < -0.3 is 14.8 Å². The van der Waals surface area contributed by atoms with Crippen molar-refractivity contribution in [3.63, 3.8) is 0 Å². The van der Waals surface area contributed by atoms with E-state index in [0.717, 1.165) is 5.56 Å². The summed E-state index contributed by atoms with van der Waals surface area (Å²) >= 11 is 0. The van der Waals surface area contributed by atoms with Crippen LogP contribution in [0.1, 0.15) is 22.8 Å². The smallest absolute Gasteiger partial charge is 0.338 e. The van der Waals surface area contributed by atoms with Crippen LogP contribution in [0.25, 0.3) is 6.08 Å². The van der Waals surface area contributed by atoms with Gasteiger partial charge in [0.05, 0.1) is 12.2 Å². The predicted octanol–water partition coefficient (Wildman–Crippen LogP) is 3.53. The second-order valence-electron chi connectivity index (χ2n) is 5.15. The minimum absolute atomic E-state index is 0.197. The topological polar surface area (TPSA) is 64.6 Å². The quantitative estimate of drug-likeness (QED) is 0.454. The van der Waals surface area contributed by atoms with Gasteiger partial charge in [-0.1, -0.05) is 36.4 Å². The first-order valence-electron chi connectivity index (χ1n) is 8.08. The highest BCUT2D eigenvalue weighted by molar-refractivity contribution is 6.02. The van der Waals surface area contributed by atoms with Gasteiger partial charge in [-0.05, 0) is 36.8 Å². The number of carbonyl (C=O) groups is 2. The van der Waals surface area contributed by atoms with E-state index in [1.165, 1.54) is 6.08 Å². The summed E-state index contributed by atoms with van der Waals surface area (Å²) in [4.78, 5) is 23.9. The lowest BCUT2D eigenvalue weighted by Gasteiger charge is -2.07. The molecule has 0 aliphatic carbocycles. The number of amides is 1. The predicted molar refractivity (Wildman–Crippen MR) is 97.3 cm³/mol. The van der Waals surface area contributed by atoms with Crippen LogP contribution in [-0.2, 0) is 14.3 Å². The summed E-state index contributed by atoms with van der Waals surface area (Å²) in [6.07, 6.45) is 3.17. The minimum Gasteiger partial charge on any atom is -0.460 e. The van der Waals surface area contributed by atoms with Crippen molar-refractivity contribution in [3.05, 3.63) is 71.8 Å². The molecule has 25 heavy (non-hydrogen) atoms. The van der Waals surface area contributed by atoms with Gasteiger partial charge in [-0.2, -0.15) is 0 Å². The van der Waals surface area contributed by atoms with Crippen molar-refractivity contribution in [3.8, 4) is 0 Å². The Bertz CT molecular complexity index is 725. The van der Waals surface area contributed by atoms with Crippen LogP contribution < -0.4 is 5.32 Å².